The van der Waals surface area contributed by atoms with Gasteiger partial charge >= 0.3 is 5.97 Å². The number of hydrogen-bond donors (Lipinski definition) is 0. The molecule has 0 radical (unpaired) electrons. The number of benzene rings is 2. The third kappa shape index (κ3) is 3.01. The van der Waals surface area contributed by atoms with Gasteiger partial charge in [0.25, 0.3) is 0 Å². The maximum atomic E-state index is 12.9. The molecule has 0 saturated carbocycles. The summed E-state index contributed by atoms with van der Waals surface area (Å²) in [7, 11) is 3.02. The predicted molar refractivity (Wildman–Crippen MR) is 98.6 cm³/mol. The second-order valence-electron chi connectivity index (χ2n) is 5.52. The maximum Gasteiger partial charge on any atom is 0.343 e. The van der Waals surface area contributed by atoms with E-state index in [0.717, 1.165) is 5.69 Å². The Labute approximate surface area is 150 Å². The van der Waals surface area contributed by atoms with Crippen molar-refractivity contribution in [2.75, 3.05) is 20.8 Å². The molecule has 0 aliphatic heterocycles. The van der Waals surface area contributed by atoms with Gasteiger partial charge in [0.1, 0.15) is 5.56 Å². The summed E-state index contributed by atoms with van der Waals surface area (Å²) in [6.45, 7) is 1.89. The number of pyridine rings is 1. The van der Waals surface area contributed by atoms with Crippen molar-refractivity contribution in [3.8, 4) is 17.2 Å². The van der Waals surface area contributed by atoms with Gasteiger partial charge in [0.2, 0.25) is 5.43 Å². The Morgan fingerprint density at radius 1 is 1.04 bits per heavy atom. The number of methoxy groups -OCH3 is 2. The van der Waals surface area contributed by atoms with E-state index in [9.17, 15) is 9.59 Å². The molecule has 0 saturated heterocycles. The molecule has 0 fully saturated rings. The predicted octanol–water partition coefficient (Wildman–Crippen LogP) is 3.18. The third-order valence-electron chi connectivity index (χ3n) is 4.04. The lowest BCUT2D eigenvalue weighted by molar-refractivity contribution is 0.0524. The number of para-hydroxylation sites is 1. The van der Waals surface area contributed by atoms with E-state index in [2.05, 4.69) is 0 Å². The molecule has 3 aromatic rings. The molecule has 0 spiro atoms. The van der Waals surface area contributed by atoms with Gasteiger partial charge in [0.05, 0.1) is 31.7 Å². The SMILES string of the molecule is CCOC(=O)c1cn(-c2ccccc2)c2cc(OC)c(OC)cc2c1=O. The van der Waals surface area contributed by atoms with E-state index in [1.54, 1.807) is 23.6 Å². The summed E-state index contributed by atoms with van der Waals surface area (Å²) in [4.78, 5) is 25.2. The van der Waals surface area contributed by atoms with Crippen LogP contribution in [0, 0.1) is 0 Å². The second kappa shape index (κ2) is 7.31. The van der Waals surface area contributed by atoms with Crippen molar-refractivity contribution in [2.45, 2.75) is 6.92 Å². The molecule has 2 aromatic carbocycles. The van der Waals surface area contributed by atoms with Gasteiger partial charge in [0, 0.05) is 18.0 Å². The van der Waals surface area contributed by atoms with Gasteiger partial charge in [-0.15, -0.1) is 0 Å². The van der Waals surface area contributed by atoms with E-state index in [1.807, 2.05) is 30.3 Å². The summed E-state index contributed by atoms with van der Waals surface area (Å²) in [5, 5.41) is 0.344. The molecule has 134 valence electrons. The van der Waals surface area contributed by atoms with E-state index in [0.29, 0.717) is 22.4 Å². The van der Waals surface area contributed by atoms with Gasteiger partial charge in [-0.3, -0.25) is 4.79 Å². The zero-order chi connectivity index (χ0) is 18.7. The molecule has 3 rings (SSSR count). The second-order valence-corrected chi connectivity index (χ2v) is 5.52. The van der Waals surface area contributed by atoms with Crippen molar-refractivity contribution in [1.29, 1.82) is 0 Å². The van der Waals surface area contributed by atoms with Crippen LogP contribution in [0.4, 0.5) is 0 Å². The average molecular weight is 353 g/mol. The molecule has 0 atom stereocenters. The van der Waals surface area contributed by atoms with Gasteiger partial charge in [0.15, 0.2) is 11.5 Å². The maximum absolute atomic E-state index is 12.9. The number of carbonyl (C=O) groups is 1. The molecule has 0 unspecified atom stereocenters. The average Bonchev–Trinajstić information content (AvgIpc) is 2.68. The first-order valence-electron chi connectivity index (χ1n) is 8.14. The summed E-state index contributed by atoms with van der Waals surface area (Å²) in [5.41, 5.74) is 0.962. The van der Waals surface area contributed by atoms with E-state index in [-0.39, 0.29) is 12.2 Å². The van der Waals surface area contributed by atoms with Crippen molar-refractivity contribution in [3.05, 3.63) is 64.4 Å². The Hall–Kier alpha value is -3.28. The molecule has 6 heteroatoms. The summed E-state index contributed by atoms with van der Waals surface area (Å²) in [6.07, 6.45) is 1.50. The van der Waals surface area contributed by atoms with Crippen LogP contribution in [0.1, 0.15) is 17.3 Å². The van der Waals surface area contributed by atoms with Crippen LogP contribution in [0.3, 0.4) is 0 Å². The lowest BCUT2D eigenvalue weighted by atomic mass is 10.1. The van der Waals surface area contributed by atoms with Gasteiger partial charge in [-0.05, 0) is 25.1 Å². The Kier molecular flexibility index (Phi) is 4.93. The summed E-state index contributed by atoms with van der Waals surface area (Å²) in [6, 6.07) is 12.7. The van der Waals surface area contributed by atoms with Gasteiger partial charge < -0.3 is 18.8 Å². The first-order valence-corrected chi connectivity index (χ1v) is 8.14. The van der Waals surface area contributed by atoms with Gasteiger partial charge in [-0.1, -0.05) is 18.2 Å². The van der Waals surface area contributed by atoms with Crippen molar-refractivity contribution in [3.63, 3.8) is 0 Å². The Morgan fingerprint density at radius 3 is 2.31 bits per heavy atom. The molecular formula is C20H19NO5. The number of hydrogen-bond acceptors (Lipinski definition) is 5. The Balaban J connectivity index is 2.41. The smallest absolute Gasteiger partial charge is 0.343 e. The molecule has 6 nitrogen and oxygen atoms in total. The number of esters is 1. The van der Waals surface area contributed by atoms with E-state index >= 15 is 0 Å². The number of carbonyl (C=O) groups excluding carboxylic acids is 1. The molecular weight excluding hydrogens is 334 g/mol. The monoisotopic (exact) mass is 353 g/mol. The molecule has 1 heterocycles. The van der Waals surface area contributed by atoms with Gasteiger partial charge in [-0.2, -0.15) is 0 Å². The summed E-state index contributed by atoms with van der Waals surface area (Å²) in [5.74, 6) is 0.254. The minimum Gasteiger partial charge on any atom is -0.493 e. The Bertz CT molecular complexity index is 1010. The minimum atomic E-state index is -0.654. The van der Waals surface area contributed by atoms with Crippen molar-refractivity contribution < 1.29 is 19.0 Å². The zero-order valence-electron chi connectivity index (χ0n) is 14.8. The third-order valence-corrected chi connectivity index (χ3v) is 4.04. The highest BCUT2D eigenvalue weighted by atomic mass is 16.5. The minimum absolute atomic E-state index is 0.0320. The van der Waals surface area contributed by atoms with Gasteiger partial charge in [-0.25, -0.2) is 4.79 Å². The lowest BCUT2D eigenvalue weighted by Gasteiger charge is -2.16. The van der Waals surface area contributed by atoms with E-state index in [1.165, 1.54) is 20.4 Å². The van der Waals surface area contributed by atoms with E-state index < -0.39 is 11.4 Å². The number of fused-ring (bicyclic) bond motifs is 1. The highest BCUT2D eigenvalue weighted by Gasteiger charge is 2.19. The molecule has 0 N–H and O–H groups in total. The fourth-order valence-electron chi connectivity index (χ4n) is 2.81. The van der Waals surface area contributed by atoms with Crippen molar-refractivity contribution in [1.82, 2.24) is 4.57 Å². The van der Waals surface area contributed by atoms with Crippen LogP contribution in [0.5, 0.6) is 11.5 Å². The summed E-state index contributed by atoms with van der Waals surface area (Å²) >= 11 is 0. The van der Waals surface area contributed by atoms with E-state index in [4.69, 9.17) is 14.2 Å². The highest BCUT2D eigenvalue weighted by molar-refractivity contribution is 5.95. The number of ether oxygens (including phenoxy) is 3. The van der Waals surface area contributed by atoms with Crippen molar-refractivity contribution in [2.24, 2.45) is 0 Å². The fraction of sp³-hybridized carbons (Fsp3) is 0.200. The van der Waals surface area contributed by atoms with Crippen LogP contribution in [0.15, 0.2) is 53.5 Å². The van der Waals surface area contributed by atoms with Crippen LogP contribution in [0.25, 0.3) is 16.6 Å². The molecule has 26 heavy (non-hydrogen) atoms. The molecule has 1 aromatic heterocycles. The quantitative estimate of drug-likeness (QED) is 0.659. The first kappa shape index (κ1) is 17.5. The lowest BCUT2D eigenvalue weighted by Crippen LogP contribution is -2.20. The van der Waals surface area contributed by atoms with Crippen LogP contribution >= 0.6 is 0 Å². The van der Waals surface area contributed by atoms with Crippen molar-refractivity contribution >= 4 is 16.9 Å². The Morgan fingerprint density at radius 2 is 1.69 bits per heavy atom. The highest BCUT2D eigenvalue weighted by Crippen LogP contribution is 2.32. The summed E-state index contributed by atoms with van der Waals surface area (Å²) < 4.78 is 17.5. The first-order chi connectivity index (χ1) is 12.6. The number of nitrogens with zero attached hydrogens (tertiary/aromatic N) is 1. The number of aromatic nitrogens is 1. The van der Waals surface area contributed by atoms with Crippen LogP contribution in [0.2, 0.25) is 0 Å². The normalized spacial score (nSPS) is 10.6. The molecule has 0 amide bonds. The van der Waals surface area contributed by atoms with Crippen LogP contribution in [-0.2, 0) is 4.74 Å². The fourth-order valence-corrected chi connectivity index (χ4v) is 2.81. The molecule has 0 aliphatic carbocycles. The van der Waals surface area contributed by atoms with Crippen LogP contribution in [-0.4, -0.2) is 31.4 Å². The zero-order valence-corrected chi connectivity index (χ0v) is 14.8. The number of rotatable bonds is 5. The molecule has 0 bridgehead atoms. The van der Waals surface area contributed by atoms with Crippen LogP contribution < -0.4 is 14.9 Å². The molecule has 0 aliphatic rings. The standard InChI is InChI=1S/C20H19NO5/c1-4-26-20(23)15-12-21(13-8-6-5-7-9-13)16-11-18(25-3)17(24-2)10-14(16)19(15)22/h5-12H,4H2,1-3H3. The largest absolute Gasteiger partial charge is 0.493 e. The topological polar surface area (TPSA) is 66.8 Å².